The van der Waals surface area contributed by atoms with Gasteiger partial charge in [-0.3, -0.25) is 4.79 Å². The Morgan fingerprint density at radius 3 is 2.45 bits per heavy atom. The van der Waals surface area contributed by atoms with Crippen LogP contribution in [0, 0.1) is 11.3 Å². The fraction of sp³-hybridized carbons (Fsp3) is 0.231. The highest BCUT2D eigenvalue weighted by atomic mass is 32.2. The summed E-state index contributed by atoms with van der Waals surface area (Å²) in [5, 5.41) is 30.5. The number of ketones is 1. The van der Waals surface area contributed by atoms with Crippen molar-refractivity contribution in [2.45, 2.75) is 43.4 Å². The molecular formula is C26H25NO3S. The molecule has 1 atom stereocenters. The highest BCUT2D eigenvalue weighted by Crippen LogP contribution is 2.35. The Morgan fingerprint density at radius 2 is 1.81 bits per heavy atom. The number of Topliss-reactive ketones (excluding diaryl/α,β-unsaturated/α-hetero) is 1. The quantitative estimate of drug-likeness (QED) is 0.348. The van der Waals surface area contributed by atoms with Crippen LogP contribution in [0.4, 0.5) is 0 Å². The summed E-state index contributed by atoms with van der Waals surface area (Å²) < 4.78 is 0. The van der Waals surface area contributed by atoms with Crippen LogP contribution in [0.25, 0.3) is 0 Å². The van der Waals surface area contributed by atoms with Crippen molar-refractivity contribution in [3.05, 3.63) is 94.0 Å². The van der Waals surface area contributed by atoms with E-state index < -0.39 is 6.10 Å². The molecule has 0 aromatic heterocycles. The Morgan fingerprint density at radius 1 is 1.10 bits per heavy atom. The molecule has 0 aliphatic rings. The molecule has 0 saturated heterocycles. The maximum Gasteiger partial charge on any atom is 0.163 e. The number of benzene rings is 3. The van der Waals surface area contributed by atoms with E-state index in [4.69, 9.17) is 0 Å². The molecular weight excluding hydrogens is 406 g/mol. The molecule has 3 rings (SSSR count). The second-order valence-corrected chi connectivity index (χ2v) is 8.39. The van der Waals surface area contributed by atoms with E-state index in [2.05, 4.69) is 6.07 Å². The average molecular weight is 432 g/mol. The van der Waals surface area contributed by atoms with E-state index in [9.17, 15) is 20.3 Å². The van der Waals surface area contributed by atoms with Crippen LogP contribution in [0.3, 0.4) is 0 Å². The van der Waals surface area contributed by atoms with Gasteiger partial charge in [-0.2, -0.15) is 5.26 Å². The fourth-order valence-electron chi connectivity index (χ4n) is 3.50. The number of aliphatic hydroxyl groups excluding tert-OH is 1. The van der Waals surface area contributed by atoms with Gasteiger partial charge in [-0.25, -0.2) is 0 Å². The molecule has 0 fully saturated rings. The van der Waals surface area contributed by atoms with Crippen LogP contribution in [0.5, 0.6) is 5.75 Å². The summed E-state index contributed by atoms with van der Waals surface area (Å²) in [4.78, 5) is 12.7. The van der Waals surface area contributed by atoms with Crippen LogP contribution in [0.2, 0.25) is 0 Å². The second kappa shape index (κ2) is 10.3. The van der Waals surface area contributed by atoms with Crippen molar-refractivity contribution in [3.8, 4) is 11.8 Å². The lowest BCUT2D eigenvalue weighted by molar-refractivity contribution is 0.101. The fourth-order valence-corrected chi connectivity index (χ4v) is 4.55. The molecule has 0 amide bonds. The molecule has 0 bridgehead atoms. The minimum atomic E-state index is -0.857. The highest BCUT2D eigenvalue weighted by Gasteiger charge is 2.16. The van der Waals surface area contributed by atoms with Gasteiger partial charge in [0.05, 0.1) is 17.2 Å². The topological polar surface area (TPSA) is 81.3 Å². The van der Waals surface area contributed by atoms with Gasteiger partial charge in [0.1, 0.15) is 11.9 Å². The summed E-state index contributed by atoms with van der Waals surface area (Å²) in [5.41, 5.74) is 4.05. The molecule has 0 saturated carbocycles. The standard InChI is InChI=1S/C26H25NO3S/c1-3-6-23-24(14-13-21(17(2)28)26(23)30)31-16-18-9-11-19(12-10-18)25(29)22-8-5-4-7-20(22)15-27/h4-5,7-14,25,29-30H,3,6,16H2,1-2H3. The average Bonchev–Trinajstić information content (AvgIpc) is 2.79. The van der Waals surface area contributed by atoms with Crippen LogP contribution in [0.15, 0.2) is 65.6 Å². The summed E-state index contributed by atoms with van der Waals surface area (Å²) in [5.74, 6) is 0.647. The lowest BCUT2D eigenvalue weighted by Crippen LogP contribution is -2.02. The molecule has 4 nitrogen and oxygen atoms in total. The Kier molecular flexibility index (Phi) is 7.51. The van der Waals surface area contributed by atoms with Gasteiger partial charge in [-0.15, -0.1) is 11.8 Å². The van der Waals surface area contributed by atoms with Crippen LogP contribution in [-0.4, -0.2) is 16.0 Å². The first-order valence-corrected chi connectivity index (χ1v) is 11.2. The summed E-state index contributed by atoms with van der Waals surface area (Å²) >= 11 is 1.61. The minimum Gasteiger partial charge on any atom is -0.507 e. The van der Waals surface area contributed by atoms with Crippen molar-refractivity contribution in [2.24, 2.45) is 0 Å². The molecule has 1 unspecified atom stereocenters. The number of carbonyl (C=O) groups is 1. The third kappa shape index (κ3) is 5.16. The third-order valence-corrected chi connectivity index (χ3v) is 6.36. The first kappa shape index (κ1) is 22.6. The molecule has 158 valence electrons. The number of rotatable bonds is 8. The van der Waals surface area contributed by atoms with E-state index in [1.54, 1.807) is 36.0 Å². The predicted octanol–water partition coefficient (Wildman–Crippen LogP) is 5.79. The van der Waals surface area contributed by atoms with Crippen molar-refractivity contribution in [3.63, 3.8) is 0 Å². The second-order valence-electron chi connectivity index (χ2n) is 7.38. The largest absolute Gasteiger partial charge is 0.507 e. The smallest absolute Gasteiger partial charge is 0.163 e. The van der Waals surface area contributed by atoms with Crippen molar-refractivity contribution in [2.75, 3.05) is 0 Å². The normalized spacial score (nSPS) is 11.7. The first-order chi connectivity index (χ1) is 15.0. The molecule has 0 aliphatic carbocycles. The Labute approximate surface area is 187 Å². The Balaban J connectivity index is 1.76. The van der Waals surface area contributed by atoms with Crippen molar-refractivity contribution < 1.29 is 15.0 Å². The molecule has 0 aliphatic heterocycles. The van der Waals surface area contributed by atoms with E-state index in [0.717, 1.165) is 28.0 Å². The van der Waals surface area contributed by atoms with Gasteiger partial charge in [0.2, 0.25) is 0 Å². The number of phenols is 1. The minimum absolute atomic E-state index is 0.0916. The monoisotopic (exact) mass is 431 g/mol. The van der Waals surface area contributed by atoms with E-state index in [-0.39, 0.29) is 11.5 Å². The number of aromatic hydroxyl groups is 1. The molecule has 31 heavy (non-hydrogen) atoms. The third-order valence-electron chi connectivity index (χ3n) is 5.18. The number of carbonyl (C=O) groups excluding carboxylic acids is 1. The molecule has 0 radical (unpaired) electrons. The zero-order valence-corrected chi connectivity index (χ0v) is 18.4. The van der Waals surface area contributed by atoms with E-state index in [1.807, 2.05) is 43.3 Å². The van der Waals surface area contributed by atoms with E-state index in [0.29, 0.717) is 28.9 Å². The van der Waals surface area contributed by atoms with Crippen molar-refractivity contribution >= 4 is 17.5 Å². The molecule has 3 aromatic carbocycles. The molecule has 2 N–H and O–H groups in total. The lowest BCUT2D eigenvalue weighted by Gasteiger charge is -2.15. The number of hydrogen-bond donors (Lipinski definition) is 2. The molecule has 0 heterocycles. The first-order valence-electron chi connectivity index (χ1n) is 10.2. The maximum atomic E-state index is 11.7. The zero-order valence-electron chi connectivity index (χ0n) is 17.6. The van der Waals surface area contributed by atoms with E-state index >= 15 is 0 Å². The number of nitrogens with zero attached hydrogens (tertiary/aromatic N) is 1. The molecule has 3 aromatic rings. The van der Waals surface area contributed by atoms with Crippen LogP contribution < -0.4 is 0 Å². The number of phenolic OH excluding ortho intramolecular Hbond substituents is 1. The summed E-state index contributed by atoms with van der Waals surface area (Å²) in [6.07, 6.45) is 0.725. The van der Waals surface area contributed by atoms with Crippen LogP contribution in [0.1, 0.15) is 64.5 Å². The van der Waals surface area contributed by atoms with Crippen molar-refractivity contribution in [1.82, 2.24) is 0 Å². The highest BCUT2D eigenvalue weighted by molar-refractivity contribution is 7.98. The lowest BCUT2D eigenvalue weighted by atomic mass is 9.97. The van der Waals surface area contributed by atoms with E-state index in [1.165, 1.54) is 6.92 Å². The van der Waals surface area contributed by atoms with Crippen LogP contribution >= 0.6 is 11.8 Å². The molecule has 5 heteroatoms. The van der Waals surface area contributed by atoms with Gasteiger partial charge in [-0.05, 0) is 42.7 Å². The SMILES string of the molecule is CCCc1c(SCc2ccc(C(O)c3ccccc3C#N)cc2)ccc(C(C)=O)c1O. The van der Waals surface area contributed by atoms with Gasteiger partial charge >= 0.3 is 0 Å². The number of thioether (sulfide) groups is 1. The summed E-state index contributed by atoms with van der Waals surface area (Å²) in [6.45, 7) is 3.51. The van der Waals surface area contributed by atoms with Gasteiger partial charge in [-0.1, -0.05) is 55.8 Å². The molecule has 0 spiro atoms. The van der Waals surface area contributed by atoms with Gasteiger partial charge in [0.15, 0.2) is 5.78 Å². The van der Waals surface area contributed by atoms with Gasteiger partial charge < -0.3 is 10.2 Å². The number of aliphatic hydroxyl groups is 1. The predicted molar refractivity (Wildman–Crippen MR) is 123 cm³/mol. The van der Waals surface area contributed by atoms with Crippen LogP contribution in [-0.2, 0) is 12.2 Å². The Bertz CT molecular complexity index is 1120. The summed E-state index contributed by atoms with van der Waals surface area (Å²) in [7, 11) is 0. The number of hydrogen-bond acceptors (Lipinski definition) is 5. The number of nitriles is 1. The Hall–Kier alpha value is -3.07. The van der Waals surface area contributed by atoms with Gasteiger partial charge in [0, 0.05) is 21.8 Å². The zero-order chi connectivity index (χ0) is 22.4. The maximum absolute atomic E-state index is 11.7. The van der Waals surface area contributed by atoms with Crippen molar-refractivity contribution in [1.29, 1.82) is 5.26 Å². The van der Waals surface area contributed by atoms with Gasteiger partial charge in [0.25, 0.3) is 0 Å². The summed E-state index contributed by atoms with van der Waals surface area (Å²) in [6, 6.07) is 20.4.